The highest BCUT2D eigenvalue weighted by Crippen LogP contribution is 2.33. The number of hydrogen-bond donors (Lipinski definition) is 0. The highest BCUT2D eigenvalue weighted by atomic mass is 35.5. The van der Waals surface area contributed by atoms with Crippen LogP contribution in [0.3, 0.4) is 0 Å². The molecule has 0 radical (unpaired) electrons. The van der Waals surface area contributed by atoms with Crippen LogP contribution in [0.15, 0.2) is 54.7 Å². The first-order valence-electron chi connectivity index (χ1n) is 10.8. The molecule has 3 heterocycles. The smallest absolute Gasteiger partial charge is 0.0970 e. The molecule has 1 aliphatic rings. The SMILES string of the molecule is Cc1ccccc(Cl)c(C)n(CCCN2CCC(c3nc4ccccc4s3)CC2)c1. The molecule has 30 heavy (non-hydrogen) atoms. The summed E-state index contributed by atoms with van der Waals surface area (Å²) in [5, 5.41) is 2.13. The van der Waals surface area contributed by atoms with Gasteiger partial charge in [0.25, 0.3) is 0 Å². The Morgan fingerprint density at radius 3 is 2.53 bits per heavy atom. The quantitative estimate of drug-likeness (QED) is 0.437. The number of nitrogens with zero attached hydrogens (tertiary/aromatic N) is 3. The fourth-order valence-corrected chi connectivity index (χ4v) is 5.47. The van der Waals surface area contributed by atoms with Crippen LogP contribution in [0.1, 0.15) is 41.4 Å². The van der Waals surface area contributed by atoms with E-state index in [0.717, 1.165) is 48.8 Å². The molecule has 0 amide bonds. The third-order valence-corrected chi connectivity index (χ3v) is 7.57. The molecule has 0 aliphatic carbocycles. The van der Waals surface area contributed by atoms with Crippen LogP contribution in [0.2, 0.25) is 5.02 Å². The number of fused-ring (bicyclic) bond motifs is 1. The predicted molar refractivity (Wildman–Crippen MR) is 129 cm³/mol. The summed E-state index contributed by atoms with van der Waals surface area (Å²) in [7, 11) is 0. The lowest BCUT2D eigenvalue weighted by molar-refractivity contribution is 0.207. The van der Waals surface area contributed by atoms with Gasteiger partial charge in [0.1, 0.15) is 0 Å². The van der Waals surface area contributed by atoms with Crippen molar-refractivity contribution in [2.45, 2.75) is 45.6 Å². The van der Waals surface area contributed by atoms with E-state index in [4.69, 9.17) is 16.6 Å². The number of likely N-dealkylation sites (tertiary alicyclic amines) is 1. The van der Waals surface area contributed by atoms with Crippen LogP contribution in [0.4, 0.5) is 0 Å². The molecule has 1 fully saturated rings. The molecule has 1 aliphatic heterocycles. The van der Waals surface area contributed by atoms with Crippen LogP contribution in [0.5, 0.6) is 0 Å². The van der Waals surface area contributed by atoms with E-state index < -0.39 is 0 Å². The summed E-state index contributed by atoms with van der Waals surface area (Å²) in [6.07, 6.45) is 5.76. The van der Waals surface area contributed by atoms with Gasteiger partial charge in [-0.3, -0.25) is 0 Å². The van der Waals surface area contributed by atoms with Crippen molar-refractivity contribution in [1.82, 2.24) is 14.5 Å². The van der Waals surface area contributed by atoms with E-state index in [1.165, 1.54) is 28.1 Å². The number of halogens is 1. The average Bonchev–Trinajstić information content (AvgIpc) is 3.21. The first-order valence-corrected chi connectivity index (χ1v) is 12.0. The van der Waals surface area contributed by atoms with E-state index in [-0.39, 0.29) is 0 Å². The summed E-state index contributed by atoms with van der Waals surface area (Å²) in [6, 6.07) is 16.6. The molecule has 0 spiro atoms. The minimum absolute atomic E-state index is 0.616. The van der Waals surface area contributed by atoms with Crippen molar-refractivity contribution in [2.75, 3.05) is 19.6 Å². The van der Waals surface area contributed by atoms with Crippen LogP contribution < -0.4 is 0 Å². The van der Waals surface area contributed by atoms with Crippen molar-refractivity contribution in [1.29, 1.82) is 0 Å². The van der Waals surface area contributed by atoms with Gasteiger partial charge in [-0.15, -0.1) is 11.3 Å². The fraction of sp³-hybridized carbons (Fsp3) is 0.400. The minimum atomic E-state index is 0.616. The van der Waals surface area contributed by atoms with Crippen LogP contribution in [0.25, 0.3) is 10.2 Å². The molecule has 158 valence electrons. The molecule has 0 bridgehead atoms. The zero-order valence-corrected chi connectivity index (χ0v) is 19.4. The van der Waals surface area contributed by atoms with Gasteiger partial charge in [-0.1, -0.05) is 41.9 Å². The van der Waals surface area contributed by atoms with Crippen molar-refractivity contribution in [3.8, 4) is 0 Å². The summed E-state index contributed by atoms with van der Waals surface area (Å²) >= 11 is 8.34. The molecule has 3 nitrogen and oxygen atoms in total. The number of aromatic nitrogens is 2. The molecule has 2 aromatic heterocycles. The maximum absolute atomic E-state index is 6.46. The number of piperidine rings is 1. The summed E-state index contributed by atoms with van der Waals surface area (Å²) in [5.41, 5.74) is 3.51. The maximum Gasteiger partial charge on any atom is 0.0970 e. The Kier molecular flexibility index (Phi) is 7.08. The maximum atomic E-state index is 6.46. The molecule has 3 aromatic rings. The van der Waals surface area contributed by atoms with Gasteiger partial charge in [-0.05, 0) is 76.5 Å². The Bertz CT molecular complexity index is 1010. The van der Waals surface area contributed by atoms with E-state index >= 15 is 0 Å². The Morgan fingerprint density at radius 2 is 1.73 bits per heavy atom. The third-order valence-electron chi connectivity index (χ3n) is 5.97. The van der Waals surface area contributed by atoms with Gasteiger partial charge in [-0.2, -0.15) is 0 Å². The number of hydrogen-bond acceptors (Lipinski definition) is 3. The molecule has 1 aromatic carbocycles. The number of aryl methyl sites for hydroxylation is 2. The molecule has 5 heteroatoms. The summed E-state index contributed by atoms with van der Waals surface area (Å²) < 4.78 is 3.61. The topological polar surface area (TPSA) is 21.1 Å². The lowest BCUT2D eigenvalue weighted by Crippen LogP contribution is -2.34. The van der Waals surface area contributed by atoms with E-state index in [1.807, 2.05) is 29.5 Å². The number of rotatable bonds is 5. The van der Waals surface area contributed by atoms with Crippen LogP contribution in [-0.2, 0) is 6.54 Å². The number of thiazole rings is 1. The van der Waals surface area contributed by atoms with Gasteiger partial charge in [0, 0.05) is 24.4 Å². The molecule has 0 unspecified atom stereocenters. The van der Waals surface area contributed by atoms with Crippen LogP contribution in [0, 0.1) is 13.8 Å². The highest BCUT2D eigenvalue weighted by molar-refractivity contribution is 7.18. The summed E-state index contributed by atoms with van der Waals surface area (Å²) in [6.45, 7) is 8.68. The number of para-hydroxylation sites is 1. The Hall–Kier alpha value is -1.88. The second kappa shape index (κ2) is 9.95. The monoisotopic (exact) mass is 439 g/mol. The van der Waals surface area contributed by atoms with Gasteiger partial charge in [-0.25, -0.2) is 4.98 Å². The molecule has 4 rings (SSSR count). The summed E-state index contributed by atoms with van der Waals surface area (Å²) in [5.74, 6) is 0.616. The third kappa shape index (κ3) is 5.23. The number of benzene rings is 1. The Morgan fingerprint density at radius 1 is 1.00 bits per heavy atom. The van der Waals surface area contributed by atoms with E-state index in [0.29, 0.717) is 5.92 Å². The molecule has 0 atom stereocenters. The zero-order valence-electron chi connectivity index (χ0n) is 17.9. The first-order chi connectivity index (χ1) is 14.6. The van der Waals surface area contributed by atoms with Crippen molar-refractivity contribution < 1.29 is 0 Å². The van der Waals surface area contributed by atoms with Gasteiger partial charge >= 0.3 is 0 Å². The Balaban J connectivity index is 1.33. The van der Waals surface area contributed by atoms with Crippen molar-refractivity contribution in [3.63, 3.8) is 0 Å². The van der Waals surface area contributed by atoms with Gasteiger partial charge in [0.05, 0.1) is 20.2 Å². The normalized spacial score (nSPS) is 15.4. The van der Waals surface area contributed by atoms with Crippen LogP contribution in [-0.4, -0.2) is 34.1 Å². The van der Waals surface area contributed by atoms with Crippen molar-refractivity contribution in [2.24, 2.45) is 0 Å². The standard InChI is InChI=1S/C25H30ClN3S/c1-19-8-3-4-9-22(26)20(2)29(18-19)15-7-14-28-16-12-21(13-17-28)25-27-23-10-5-6-11-24(23)30-25/h3-6,8-11,18,21H,7,12-17H2,1-2H3. The second-order valence-corrected chi connectivity index (χ2v) is 9.68. The molecule has 1 saturated heterocycles. The second-order valence-electron chi connectivity index (χ2n) is 8.21. The lowest BCUT2D eigenvalue weighted by Gasteiger charge is -2.31. The molecular weight excluding hydrogens is 410 g/mol. The van der Waals surface area contributed by atoms with Gasteiger partial charge < -0.3 is 9.47 Å². The fourth-order valence-electron chi connectivity index (χ4n) is 4.16. The van der Waals surface area contributed by atoms with Gasteiger partial charge in [0.15, 0.2) is 0 Å². The Labute approximate surface area is 188 Å². The van der Waals surface area contributed by atoms with Crippen molar-refractivity contribution in [3.05, 3.63) is 76.0 Å². The van der Waals surface area contributed by atoms with Crippen molar-refractivity contribution >= 4 is 33.2 Å². The zero-order chi connectivity index (χ0) is 20.9. The predicted octanol–water partition coefficient (Wildman–Crippen LogP) is 6.76. The van der Waals surface area contributed by atoms with E-state index in [9.17, 15) is 0 Å². The molecular formula is C25H30ClN3S. The largest absolute Gasteiger partial charge is 0.350 e. The van der Waals surface area contributed by atoms with E-state index in [1.54, 1.807) is 0 Å². The lowest BCUT2D eigenvalue weighted by atomic mass is 9.97. The van der Waals surface area contributed by atoms with E-state index in [2.05, 4.69) is 59.8 Å². The summed E-state index contributed by atoms with van der Waals surface area (Å²) in [4.78, 5) is 7.50. The highest BCUT2D eigenvalue weighted by Gasteiger charge is 2.23. The first kappa shape index (κ1) is 21.4. The molecule has 0 saturated carbocycles. The molecule has 0 N–H and O–H groups in total. The minimum Gasteiger partial charge on any atom is -0.350 e. The van der Waals surface area contributed by atoms with Gasteiger partial charge in [0.2, 0.25) is 0 Å². The van der Waals surface area contributed by atoms with Crippen LogP contribution >= 0.6 is 22.9 Å². The average molecular weight is 440 g/mol.